The van der Waals surface area contributed by atoms with Crippen LogP contribution in [0.15, 0.2) is 24.3 Å². The van der Waals surface area contributed by atoms with Crippen LogP contribution in [0.4, 0.5) is 0 Å². The second kappa shape index (κ2) is 6.72. The smallest absolute Gasteiger partial charge is 0.337 e. The van der Waals surface area contributed by atoms with Gasteiger partial charge in [-0.1, -0.05) is 12.1 Å². The fourth-order valence-corrected chi connectivity index (χ4v) is 2.74. The highest BCUT2D eigenvalue weighted by atomic mass is 16.5. The summed E-state index contributed by atoms with van der Waals surface area (Å²) in [5.74, 6) is -0.184. The van der Waals surface area contributed by atoms with Gasteiger partial charge in [0.05, 0.1) is 18.7 Å². The van der Waals surface area contributed by atoms with E-state index in [1.165, 1.54) is 7.11 Å². The predicted octanol–water partition coefficient (Wildman–Crippen LogP) is 1.53. The van der Waals surface area contributed by atoms with Crippen molar-refractivity contribution in [3.05, 3.63) is 35.4 Å². The Morgan fingerprint density at radius 1 is 1.38 bits per heavy atom. The largest absolute Gasteiger partial charge is 0.465 e. The summed E-state index contributed by atoms with van der Waals surface area (Å²) in [4.78, 5) is 27.6. The molecule has 1 aromatic carbocycles. The van der Waals surface area contributed by atoms with E-state index in [-0.39, 0.29) is 17.9 Å². The van der Waals surface area contributed by atoms with E-state index in [1.54, 1.807) is 25.1 Å². The maximum atomic E-state index is 12.2. The zero-order valence-electron chi connectivity index (χ0n) is 12.8. The van der Waals surface area contributed by atoms with Crippen molar-refractivity contribution in [3.8, 4) is 0 Å². The van der Waals surface area contributed by atoms with E-state index in [9.17, 15) is 9.59 Å². The van der Waals surface area contributed by atoms with E-state index in [4.69, 9.17) is 4.74 Å². The number of methoxy groups -OCH3 is 1. The molecule has 5 nitrogen and oxygen atoms in total. The molecule has 1 atom stereocenters. The van der Waals surface area contributed by atoms with E-state index < -0.39 is 0 Å². The van der Waals surface area contributed by atoms with E-state index in [2.05, 4.69) is 4.90 Å². The van der Waals surface area contributed by atoms with E-state index in [0.29, 0.717) is 12.1 Å². The van der Waals surface area contributed by atoms with Crippen LogP contribution in [0.25, 0.3) is 0 Å². The van der Waals surface area contributed by atoms with Gasteiger partial charge in [-0.05, 0) is 37.1 Å². The van der Waals surface area contributed by atoms with Gasteiger partial charge in [0.15, 0.2) is 0 Å². The van der Waals surface area contributed by atoms with Gasteiger partial charge in [-0.25, -0.2) is 4.79 Å². The lowest BCUT2D eigenvalue weighted by molar-refractivity contribution is -0.133. The minimum atomic E-state index is -0.334. The Morgan fingerprint density at radius 2 is 2.14 bits per heavy atom. The summed E-state index contributed by atoms with van der Waals surface area (Å²) in [6.07, 6.45) is 1.93. The van der Waals surface area contributed by atoms with Gasteiger partial charge in [0.2, 0.25) is 5.91 Å². The van der Waals surface area contributed by atoms with Gasteiger partial charge in [-0.3, -0.25) is 9.69 Å². The highest BCUT2D eigenvalue weighted by Crippen LogP contribution is 2.21. The maximum absolute atomic E-state index is 12.2. The number of esters is 1. The summed E-state index contributed by atoms with van der Waals surface area (Å²) in [7, 11) is 4.95. The number of carbonyl (C=O) groups excluding carboxylic acids is 2. The lowest BCUT2D eigenvalue weighted by Gasteiger charge is -2.26. The van der Waals surface area contributed by atoms with Crippen molar-refractivity contribution >= 4 is 11.9 Å². The molecule has 0 radical (unpaired) electrons. The molecule has 0 spiro atoms. The molecule has 1 aromatic rings. The van der Waals surface area contributed by atoms with Crippen LogP contribution in [0.5, 0.6) is 0 Å². The Morgan fingerprint density at radius 3 is 2.81 bits per heavy atom. The first-order valence-corrected chi connectivity index (χ1v) is 7.15. The molecule has 0 aliphatic carbocycles. The highest BCUT2D eigenvalue weighted by Gasteiger charge is 2.31. The van der Waals surface area contributed by atoms with Gasteiger partial charge in [0.1, 0.15) is 0 Å². The molecule has 1 aliphatic rings. The van der Waals surface area contributed by atoms with Crippen molar-refractivity contribution in [2.24, 2.45) is 0 Å². The SMILES string of the molecule is COC(=O)c1cccc(CN2CCCC2C(=O)N(C)C)c1. The monoisotopic (exact) mass is 290 g/mol. The normalized spacial score (nSPS) is 18.5. The Hall–Kier alpha value is -1.88. The van der Waals surface area contributed by atoms with Crippen molar-refractivity contribution < 1.29 is 14.3 Å². The second-order valence-corrected chi connectivity index (χ2v) is 5.55. The quantitative estimate of drug-likeness (QED) is 0.789. The van der Waals surface area contributed by atoms with Crippen molar-refractivity contribution in [1.29, 1.82) is 0 Å². The topological polar surface area (TPSA) is 49.9 Å². The molecular formula is C16H22N2O3. The standard InChI is InChI=1S/C16H22N2O3/c1-17(2)15(19)14-8-5-9-18(14)11-12-6-4-7-13(10-12)16(20)21-3/h4,6-7,10,14H,5,8-9,11H2,1-3H3. The van der Waals surface area contributed by atoms with Crippen LogP contribution < -0.4 is 0 Å². The zero-order chi connectivity index (χ0) is 15.4. The van der Waals surface area contributed by atoms with Crippen LogP contribution in [-0.4, -0.2) is 55.5 Å². The molecule has 0 saturated carbocycles. The molecule has 2 rings (SSSR count). The number of ether oxygens (including phenoxy) is 1. The minimum Gasteiger partial charge on any atom is -0.465 e. The molecular weight excluding hydrogens is 268 g/mol. The van der Waals surface area contributed by atoms with Crippen LogP contribution in [0.2, 0.25) is 0 Å². The van der Waals surface area contributed by atoms with Crippen molar-refractivity contribution in [2.45, 2.75) is 25.4 Å². The molecule has 1 amide bonds. The fourth-order valence-electron chi connectivity index (χ4n) is 2.74. The Bertz CT molecular complexity index is 528. The average molecular weight is 290 g/mol. The molecule has 0 aromatic heterocycles. The summed E-state index contributed by atoms with van der Waals surface area (Å²) < 4.78 is 4.74. The number of likely N-dealkylation sites (N-methyl/N-ethyl adjacent to an activating group) is 1. The predicted molar refractivity (Wildman–Crippen MR) is 79.9 cm³/mol. The molecule has 114 valence electrons. The first-order chi connectivity index (χ1) is 10.0. The number of nitrogens with zero attached hydrogens (tertiary/aromatic N) is 2. The summed E-state index contributed by atoms with van der Waals surface area (Å²) in [5, 5.41) is 0. The Labute approximate surface area is 125 Å². The minimum absolute atomic E-state index is 0.0539. The molecule has 1 fully saturated rings. The highest BCUT2D eigenvalue weighted by molar-refractivity contribution is 5.89. The lowest BCUT2D eigenvalue weighted by Crippen LogP contribution is -2.42. The number of carbonyl (C=O) groups is 2. The van der Waals surface area contributed by atoms with Crippen LogP contribution >= 0.6 is 0 Å². The molecule has 1 saturated heterocycles. The van der Waals surface area contributed by atoms with Gasteiger partial charge in [-0.15, -0.1) is 0 Å². The third kappa shape index (κ3) is 3.61. The third-order valence-corrected chi connectivity index (χ3v) is 3.82. The number of hydrogen-bond donors (Lipinski definition) is 0. The first-order valence-electron chi connectivity index (χ1n) is 7.15. The van der Waals surface area contributed by atoms with Crippen molar-refractivity contribution in [3.63, 3.8) is 0 Å². The van der Waals surface area contributed by atoms with E-state index >= 15 is 0 Å². The molecule has 0 N–H and O–H groups in total. The molecule has 0 bridgehead atoms. The van der Waals surface area contributed by atoms with Crippen LogP contribution in [-0.2, 0) is 16.1 Å². The van der Waals surface area contributed by atoms with Gasteiger partial charge in [-0.2, -0.15) is 0 Å². The average Bonchev–Trinajstić information content (AvgIpc) is 2.93. The summed E-state index contributed by atoms with van der Waals surface area (Å²) in [6, 6.07) is 7.34. The van der Waals surface area contributed by atoms with Gasteiger partial charge in [0.25, 0.3) is 0 Å². The van der Waals surface area contributed by atoms with Crippen molar-refractivity contribution in [1.82, 2.24) is 9.80 Å². The van der Waals surface area contributed by atoms with Crippen molar-refractivity contribution in [2.75, 3.05) is 27.7 Å². The van der Waals surface area contributed by atoms with Crippen LogP contribution in [0.3, 0.4) is 0 Å². The van der Waals surface area contributed by atoms with E-state index in [0.717, 1.165) is 24.9 Å². The molecule has 5 heteroatoms. The number of rotatable bonds is 4. The van der Waals surface area contributed by atoms with Gasteiger partial charge >= 0.3 is 5.97 Å². The molecule has 1 unspecified atom stereocenters. The molecule has 1 aliphatic heterocycles. The van der Waals surface area contributed by atoms with Gasteiger partial charge < -0.3 is 9.64 Å². The van der Waals surface area contributed by atoms with Crippen LogP contribution in [0.1, 0.15) is 28.8 Å². The first kappa shape index (κ1) is 15.5. The van der Waals surface area contributed by atoms with E-state index in [1.807, 2.05) is 18.2 Å². The van der Waals surface area contributed by atoms with Gasteiger partial charge in [0, 0.05) is 20.6 Å². The maximum Gasteiger partial charge on any atom is 0.337 e. The number of amides is 1. The summed E-state index contributed by atoms with van der Waals surface area (Å²) in [6.45, 7) is 1.59. The fraction of sp³-hybridized carbons (Fsp3) is 0.500. The second-order valence-electron chi connectivity index (χ2n) is 5.55. The lowest BCUT2D eigenvalue weighted by atomic mass is 10.1. The Kier molecular flexibility index (Phi) is 4.96. The summed E-state index contributed by atoms with van der Waals surface area (Å²) in [5.41, 5.74) is 1.57. The molecule has 1 heterocycles. The number of benzene rings is 1. The Balaban J connectivity index is 2.10. The third-order valence-electron chi connectivity index (χ3n) is 3.82. The van der Waals surface area contributed by atoms with Crippen LogP contribution in [0, 0.1) is 0 Å². The summed E-state index contributed by atoms with van der Waals surface area (Å²) >= 11 is 0. The number of hydrogen-bond acceptors (Lipinski definition) is 4. The number of likely N-dealkylation sites (tertiary alicyclic amines) is 1. The zero-order valence-corrected chi connectivity index (χ0v) is 12.8. The molecule has 21 heavy (non-hydrogen) atoms.